The third-order valence-electron chi connectivity index (χ3n) is 6.97. The van der Waals surface area contributed by atoms with Gasteiger partial charge < -0.3 is 24.3 Å². The predicted molar refractivity (Wildman–Crippen MR) is 183 cm³/mol. The Bertz CT molecular complexity index is 1910. The van der Waals surface area contributed by atoms with E-state index in [1.807, 2.05) is 41.8 Å². The van der Waals surface area contributed by atoms with Gasteiger partial charge in [0.2, 0.25) is 0 Å². The second kappa shape index (κ2) is 14.4. The number of para-hydroxylation sites is 1. The maximum Gasteiger partial charge on any atom is 0.460 e. The van der Waals surface area contributed by atoms with Crippen LogP contribution in [0.15, 0.2) is 78.9 Å². The number of nitrogens with one attached hydrogen (secondary N) is 1. The highest BCUT2D eigenvalue weighted by atomic mass is 35.5. The molecule has 248 valence electrons. The molecule has 0 aliphatic rings. The van der Waals surface area contributed by atoms with Gasteiger partial charge in [0.15, 0.2) is 5.82 Å². The lowest BCUT2D eigenvalue weighted by molar-refractivity contribution is -0.157. The Morgan fingerprint density at radius 2 is 1.77 bits per heavy atom. The molecular weight excluding hydrogens is 641 g/mol. The average Bonchev–Trinajstić information content (AvgIpc) is 3.37. The number of nitrogens with two attached hydrogens (primary N) is 1. The molecule has 0 aliphatic heterocycles. The smallest absolute Gasteiger partial charge is 0.459 e. The van der Waals surface area contributed by atoms with Crippen molar-refractivity contribution in [1.82, 2.24) is 19.6 Å². The molecule has 0 spiro atoms. The number of ether oxygens (including phenoxy) is 2. The molecular formula is C34H39ClN5O6P. The van der Waals surface area contributed by atoms with Gasteiger partial charge in [-0.3, -0.25) is 4.52 Å². The van der Waals surface area contributed by atoms with Gasteiger partial charge in [-0.05, 0) is 64.4 Å². The van der Waals surface area contributed by atoms with Crippen molar-refractivity contribution >= 4 is 53.1 Å². The minimum Gasteiger partial charge on any atom is -0.459 e. The fourth-order valence-electron chi connectivity index (χ4n) is 5.10. The molecule has 0 saturated heterocycles. The van der Waals surface area contributed by atoms with Crippen LogP contribution in [0.2, 0.25) is 5.02 Å². The van der Waals surface area contributed by atoms with Crippen LogP contribution in [0.5, 0.6) is 5.75 Å². The first-order valence-electron chi connectivity index (χ1n) is 15.3. The first kappa shape index (κ1) is 34.3. The summed E-state index contributed by atoms with van der Waals surface area (Å²) in [6.07, 6.45) is -0.756. The molecule has 0 amide bonds. The summed E-state index contributed by atoms with van der Waals surface area (Å²) in [4.78, 5) is 22.9. The molecule has 0 fully saturated rings. The van der Waals surface area contributed by atoms with Gasteiger partial charge in [0.05, 0.1) is 23.7 Å². The quantitative estimate of drug-likeness (QED) is 0.0943. The Labute approximate surface area is 278 Å². The van der Waals surface area contributed by atoms with Crippen LogP contribution < -0.4 is 15.3 Å². The van der Waals surface area contributed by atoms with Gasteiger partial charge in [-0.15, -0.1) is 0 Å². The fourth-order valence-corrected chi connectivity index (χ4v) is 6.94. The van der Waals surface area contributed by atoms with Crippen LogP contribution in [0.3, 0.4) is 0 Å². The van der Waals surface area contributed by atoms with E-state index in [2.05, 4.69) is 10.1 Å². The number of nitrogens with zero attached hydrogens (tertiary/aromatic N) is 3. The molecule has 3 N–H and O–H groups in total. The molecule has 0 saturated carbocycles. The second-order valence-corrected chi connectivity index (χ2v) is 14.0. The molecule has 13 heteroatoms. The Morgan fingerprint density at radius 1 is 1.04 bits per heavy atom. The summed E-state index contributed by atoms with van der Waals surface area (Å²) in [6.45, 7) is 9.78. The highest BCUT2D eigenvalue weighted by Gasteiger charge is 2.38. The largest absolute Gasteiger partial charge is 0.460 e. The van der Waals surface area contributed by atoms with Crippen LogP contribution in [0.1, 0.15) is 52.0 Å². The highest BCUT2D eigenvalue weighted by Crippen LogP contribution is 2.49. The number of benzene rings is 3. The van der Waals surface area contributed by atoms with Crippen LogP contribution in [-0.2, 0) is 36.5 Å². The number of halogens is 1. The summed E-state index contributed by atoms with van der Waals surface area (Å²) in [5, 5.41) is 4.10. The zero-order chi connectivity index (χ0) is 33.8. The maximum atomic E-state index is 14.8. The van der Waals surface area contributed by atoms with Crippen molar-refractivity contribution < 1.29 is 27.9 Å². The topological polar surface area (TPSA) is 140 Å². The van der Waals surface area contributed by atoms with E-state index >= 15 is 0 Å². The normalized spacial score (nSPS) is 14.5. The molecule has 2 heterocycles. The molecule has 0 aliphatic carbocycles. The third kappa shape index (κ3) is 8.49. The highest BCUT2D eigenvalue weighted by molar-refractivity contribution is 7.52. The SMILES string of the molecule is CCOCc1nc2c(N)nc3ccccc3c2n1C[C@@H](C)O[P@@](=O)(N[C@H](C(=O)OC(C)(C)C)c1ccccc1)Oc1cccc(Cl)c1. The van der Waals surface area contributed by atoms with Crippen molar-refractivity contribution in [2.24, 2.45) is 0 Å². The molecule has 0 bridgehead atoms. The number of carbonyl (C=O) groups is 1. The summed E-state index contributed by atoms with van der Waals surface area (Å²) >= 11 is 6.23. The van der Waals surface area contributed by atoms with Gasteiger partial charge in [0.25, 0.3) is 0 Å². The van der Waals surface area contributed by atoms with Crippen molar-refractivity contribution in [2.75, 3.05) is 12.3 Å². The Morgan fingerprint density at radius 3 is 2.47 bits per heavy atom. The summed E-state index contributed by atoms with van der Waals surface area (Å²) < 4.78 is 40.5. The van der Waals surface area contributed by atoms with E-state index < -0.39 is 31.5 Å². The third-order valence-corrected chi connectivity index (χ3v) is 8.87. The number of hydrogen-bond donors (Lipinski definition) is 2. The zero-order valence-electron chi connectivity index (χ0n) is 27.0. The Kier molecular flexibility index (Phi) is 10.5. The Balaban J connectivity index is 1.54. The monoisotopic (exact) mass is 679 g/mol. The van der Waals surface area contributed by atoms with E-state index in [-0.39, 0.29) is 24.7 Å². The molecule has 11 nitrogen and oxygen atoms in total. The lowest BCUT2D eigenvalue weighted by atomic mass is 10.1. The number of esters is 1. The van der Waals surface area contributed by atoms with Gasteiger partial charge >= 0.3 is 13.7 Å². The van der Waals surface area contributed by atoms with E-state index in [1.54, 1.807) is 70.2 Å². The van der Waals surface area contributed by atoms with Crippen LogP contribution in [0.4, 0.5) is 5.82 Å². The molecule has 5 aromatic rings. The van der Waals surface area contributed by atoms with E-state index in [0.29, 0.717) is 34.1 Å². The van der Waals surface area contributed by atoms with Crippen LogP contribution in [-0.4, -0.2) is 38.8 Å². The molecule has 3 aromatic carbocycles. The van der Waals surface area contributed by atoms with Gasteiger partial charge in [-0.2, -0.15) is 5.09 Å². The Hall–Kier alpha value is -3.99. The van der Waals surface area contributed by atoms with E-state index in [9.17, 15) is 9.36 Å². The first-order chi connectivity index (χ1) is 22.4. The van der Waals surface area contributed by atoms with Crippen LogP contribution in [0.25, 0.3) is 21.9 Å². The molecule has 47 heavy (non-hydrogen) atoms. The second-order valence-electron chi connectivity index (χ2n) is 12.0. The zero-order valence-corrected chi connectivity index (χ0v) is 28.6. The number of pyridine rings is 1. The van der Waals surface area contributed by atoms with Crippen molar-refractivity contribution in [3.05, 3.63) is 95.3 Å². The maximum absolute atomic E-state index is 14.8. The summed E-state index contributed by atoms with van der Waals surface area (Å²) in [6, 6.07) is 21.7. The number of fused-ring (bicyclic) bond motifs is 3. The molecule has 3 atom stereocenters. The molecule has 0 unspecified atom stereocenters. The lowest BCUT2D eigenvalue weighted by Gasteiger charge is -2.29. The van der Waals surface area contributed by atoms with Crippen molar-refractivity contribution in [2.45, 2.75) is 65.5 Å². The summed E-state index contributed by atoms with van der Waals surface area (Å²) in [5.41, 5.74) is 8.04. The predicted octanol–water partition coefficient (Wildman–Crippen LogP) is 7.62. The van der Waals surface area contributed by atoms with Gasteiger partial charge in [-0.25, -0.2) is 19.3 Å². The van der Waals surface area contributed by atoms with E-state index in [0.717, 1.165) is 10.9 Å². The van der Waals surface area contributed by atoms with E-state index in [1.165, 1.54) is 6.07 Å². The number of nitrogen functional groups attached to an aromatic ring is 1. The van der Waals surface area contributed by atoms with Crippen LogP contribution in [0, 0.1) is 0 Å². The number of imidazole rings is 1. The molecule has 0 radical (unpaired) electrons. The minimum absolute atomic E-state index is 0.180. The van der Waals surface area contributed by atoms with Gasteiger partial charge in [0.1, 0.15) is 35.3 Å². The van der Waals surface area contributed by atoms with E-state index in [4.69, 9.17) is 40.8 Å². The number of aromatic nitrogens is 3. The minimum atomic E-state index is -4.34. The lowest BCUT2D eigenvalue weighted by Crippen LogP contribution is -2.35. The number of carbonyl (C=O) groups excluding carboxylic acids is 1. The summed E-state index contributed by atoms with van der Waals surface area (Å²) in [5.74, 6) is 0.412. The van der Waals surface area contributed by atoms with Gasteiger partial charge in [-0.1, -0.05) is 66.2 Å². The van der Waals surface area contributed by atoms with Gasteiger partial charge in [0, 0.05) is 17.0 Å². The first-order valence-corrected chi connectivity index (χ1v) is 17.2. The van der Waals surface area contributed by atoms with Crippen LogP contribution >= 0.6 is 19.3 Å². The number of rotatable bonds is 13. The van der Waals surface area contributed by atoms with Crippen molar-refractivity contribution in [3.8, 4) is 5.75 Å². The summed E-state index contributed by atoms with van der Waals surface area (Å²) in [7, 11) is -4.34. The molecule has 5 rings (SSSR count). The standard InChI is InChI=1S/C34H39ClN5O6P/c1-6-43-21-28-38-30-31(26-17-10-11-18-27(26)37-32(30)36)40(28)20-22(2)45-47(42,46-25-16-12-15-24(35)19-25)39-29(23-13-8-7-9-14-23)33(41)44-34(3,4)5/h7-19,22,29H,6,20-21H2,1-5H3,(H2,36,37)(H,39,42)/t22-,29+,47+/m1/s1. The number of hydrogen-bond acceptors (Lipinski definition) is 9. The van der Waals surface area contributed by atoms with Crippen molar-refractivity contribution in [3.63, 3.8) is 0 Å². The average molecular weight is 680 g/mol. The van der Waals surface area contributed by atoms with Crippen molar-refractivity contribution in [1.29, 1.82) is 0 Å². The number of anilines is 1. The molecule has 2 aromatic heterocycles. The fraction of sp³-hybridized carbons (Fsp3) is 0.324.